The SMILES string of the molecule is Cc1ccc(-c2nc3ccccc3cc2-c2nnc(Cn3c(COc4ccccc4)nc4ccccc43)o2)cc1. The number of hydrogen-bond acceptors (Lipinski definition) is 6. The Balaban J connectivity index is 1.26. The number of ether oxygens (including phenoxy) is 1. The summed E-state index contributed by atoms with van der Waals surface area (Å²) >= 11 is 0. The number of fused-ring (bicyclic) bond motifs is 2. The molecule has 0 aliphatic heterocycles. The quantitative estimate of drug-likeness (QED) is 0.219. The number of benzene rings is 4. The molecular formula is C33H25N5O2. The Morgan fingerprint density at radius 2 is 1.50 bits per heavy atom. The minimum absolute atomic E-state index is 0.311. The molecule has 0 unspecified atom stereocenters. The van der Waals surface area contributed by atoms with Crippen LogP contribution in [0, 0.1) is 6.92 Å². The van der Waals surface area contributed by atoms with Gasteiger partial charge in [-0.3, -0.25) is 0 Å². The molecule has 0 fully saturated rings. The number of aryl methyl sites for hydroxylation is 1. The van der Waals surface area contributed by atoms with Crippen molar-refractivity contribution in [2.45, 2.75) is 20.1 Å². The van der Waals surface area contributed by atoms with Gasteiger partial charge in [-0.15, -0.1) is 10.2 Å². The van der Waals surface area contributed by atoms with E-state index in [0.29, 0.717) is 24.9 Å². The summed E-state index contributed by atoms with van der Waals surface area (Å²) in [5, 5.41) is 9.90. The lowest BCUT2D eigenvalue weighted by atomic mass is 10.0. The van der Waals surface area contributed by atoms with Crippen molar-refractivity contribution in [3.8, 4) is 28.5 Å². The summed E-state index contributed by atoms with van der Waals surface area (Å²) < 4.78 is 14.4. The molecular weight excluding hydrogens is 498 g/mol. The molecule has 0 bridgehead atoms. The maximum Gasteiger partial charge on any atom is 0.250 e. The second-order valence-electron chi connectivity index (χ2n) is 9.65. The highest BCUT2D eigenvalue weighted by atomic mass is 16.5. The van der Waals surface area contributed by atoms with E-state index in [1.165, 1.54) is 5.56 Å². The van der Waals surface area contributed by atoms with Crippen molar-refractivity contribution in [2.75, 3.05) is 0 Å². The molecule has 40 heavy (non-hydrogen) atoms. The fourth-order valence-electron chi connectivity index (χ4n) is 4.85. The van der Waals surface area contributed by atoms with Crippen molar-refractivity contribution in [1.29, 1.82) is 0 Å². The van der Waals surface area contributed by atoms with Crippen LogP contribution in [-0.2, 0) is 13.2 Å². The Morgan fingerprint density at radius 3 is 2.35 bits per heavy atom. The molecule has 7 nitrogen and oxygen atoms in total. The van der Waals surface area contributed by atoms with Crippen LogP contribution in [0.2, 0.25) is 0 Å². The zero-order chi connectivity index (χ0) is 26.9. The van der Waals surface area contributed by atoms with Crippen molar-refractivity contribution < 1.29 is 9.15 Å². The van der Waals surface area contributed by atoms with Gasteiger partial charge in [0.05, 0.1) is 27.8 Å². The molecule has 0 saturated carbocycles. The lowest BCUT2D eigenvalue weighted by Gasteiger charge is -2.09. The van der Waals surface area contributed by atoms with Crippen LogP contribution < -0.4 is 4.74 Å². The van der Waals surface area contributed by atoms with Gasteiger partial charge in [-0.25, -0.2) is 9.97 Å². The lowest BCUT2D eigenvalue weighted by molar-refractivity contribution is 0.290. The Bertz CT molecular complexity index is 1940. The van der Waals surface area contributed by atoms with Gasteiger partial charge < -0.3 is 13.7 Å². The average molecular weight is 524 g/mol. The Hall–Kier alpha value is -5.30. The van der Waals surface area contributed by atoms with Gasteiger partial charge in [-0.1, -0.05) is 78.4 Å². The smallest absolute Gasteiger partial charge is 0.250 e. The van der Waals surface area contributed by atoms with E-state index in [-0.39, 0.29) is 0 Å². The number of imidazole rings is 1. The van der Waals surface area contributed by atoms with E-state index < -0.39 is 0 Å². The first-order valence-corrected chi connectivity index (χ1v) is 13.1. The highest BCUT2D eigenvalue weighted by Gasteiger charge is 2.19. The highest BCUT2D eigenvalue weighted by Crippen LogP contribution is 2.33. The lowest BCUT2D eigenvalue weighted by Crippen LogP contribution is -2.08. The topological polar surface area (TPSA) is 78.9 Å². The molecule has 3 aromatic heterocycles. The summed E-state index contributed by atoms with van der Waals surface area (Å²) in [6.07, 6.45) is 0. The third-order valence-electron chi connectivity index (χ3n) is 6.88. The van der Waals surface area contributed by atoms with Crippen molar-refractivity contribution in [3.05, 3.63) is 126 Å². The maximum atomic E-state index is 6.29. The van der Waals surface area contributed by atoms with Crippen molar-refractivity contribution in [3.63, 3.8) is 0 Å². The molecule has 0 aliphatic rings. The van der Waals surface area contributed by atoms with Gasteiger partial charge in [0.25, 0.3) is 0 Å². The monoisotopic (exact) mass is 523 g/mol. The molecule has 0 aliphatic carbocycles. The van der Waals surface area contributed by atoms with E-state index in [2.05, 4.69) is 52.0 Å². The van der Waals surface area contributed by atoms with Crippen molar-refractivity contribution >= 4 is 21.9 Å². The average Bonchev–Trinajstić information content (AvgIpc) is 3.61. The maximum absolute atomic E-state index is 6.29. The van der Waals surface area contributed by atoms with E-state index in [1.54, 1.807) is 0 Å². The van der Waals surface area contributed by atoms with Crippen LogP contribution in [0.25, 0.3) is 44.6 Å². The Morgan fingerprint density at radius 1 is 0.750 bits per heavy atom. The van der Waals surface area contributed by atoms with Crippen LogP contribution in [-0.4, -0.2) is 24.7 Å². The number of para-hydroxylation sites is 4. The Kier molecular flexibility index (Phi) is 6.01. The van der Waals surface area contributed by atoms with Gasteiger partial charge in [0, 0.05) is 10.9 Å². The Labute approximate surface area is 230 Å². The van der Waals surface area contributed by atoms with E-state index in [1.807, 2.05) is 78.9 Å². The van der Waals surface area contributed by atoms with Crippen molar-refractivity contribution in [2.24, 2.45) is 0 Å². The van der Waals surface area contributed by atoms with Gasteiger partial charge in [-0.2, -0.15) is 0 Å². The first-order chi connectivity index (χ1) is 19.7. The van der Waals surface area contributed by atoms with Gasteiger partial charge in [0.2, 0.25) is 11.8 Å². The molecule has 7 heteroatoms. The van der Waals surface area contributed by atoms with Crippen molar-refractivity contribution in [1.82, 2.24) is 24.7 Å². The predicted octanol–water partition coefficient (Wildman–Crippen LogP) is 7.24. The van der Waals surface area contributed by atoms with E-state index in [4.69, 9.17) is 19.1 Å². The fourth-order valence-corrected chi connectivity index (χ4v) is 4.85. The van der Waals surface area contributed by atoms with Crippen LogP contribution in [0.5, 0.6) is 5.75 Å². The molecule has 7 aromatic rings. The van der Waals surface area contributed by atoms with E-state index in [9.17, 15) is 0 Å². The molecule has 0 radical (unpaired) electrons. The number of rotatable bonds is 7. The summed E-state index contributed by atoms with van der Waals surface area (Å²) in [6.45, 7) is 2.75. The second-order valence-corrected chi connectivity index (χ2v) is 9.65. The molecule has 194 valence electrons. The van der Waals surface area contributed by atoms with Crippen LogP contribution in [0.1, 0.15) is 17.3 Å². The van der Waals surface area contributed by atoms with Gasteiger partial charge in [0.1, 0.15) is 24.7 Å². The summed E-state index contributed by atoms with van der Waals surface area (Å²) in [5.74, 6) is 2.46. The van der Waals surface area contributed by atoms with E-state index >= 15 is 0 Å². The van der Waals surface area contributed by atoms with Gasteiger partial charge in [0.15, 0.2) is 0 Å². The summed E-state index contributed by atoms with van der Waals surface area (Å²) in [4.78, 5) is 9.81. The first kappa shape index (κ1) is 23.8. The molecule has 0 amide bonds. The minimum Gasteiger partial charge on any atom is -0.486 e. The standard InChI is InChI=1S/C33H25N5O2/c1-22-15-17-23(18-16-22)32-26(19-24-9-5-6-12-27(24)35-32)33-37-36-31(40-33)20-38-29-14-8-7-13-28(29)34-30(38)21-39-25-10-3-2-4-11-25/h2-19H,20-21H2,1H3. The number of hydrogen-bond donors (Lipinski definition) is 0. The molecule has 0 saturated heterocycles. The predicted molar refractivity (Wildman–Crippen MR) is 155 cm³/mol. The second kappa shape index (κ2) is 10.1. The zero-order valence-corrected chi connectivity index (χ0v) is 21.9. The molecule has 7 rings (SSSR count). The molecule has 0 spiro atoms. The zero-order valence-electron chi connectivity index (χ0n) is 21.9. The normalized spacial score (nSPS) is 11.3. The fraction of sp³-hybridized carbons (Fsp3) is 0.0909. The third kappa shape index (κ3) is 4.58. The number of nitrogens with zero attached hydrogens (tertiary/aromatic N) is 5. The van der Waals surface area contributed by atoms with Gasteiger partial charge >= 0.3 is 0 Å². The number of aromatic nitrogens is 5. The van der Waals surface area contributed by atoms with Crippen LogP contribution >= 0.6 is 0 Å². The van der Waals surface area contributed by atoms with E-state index in [0.717, 1.165) is 50.3 Å². The summed E-state index contributed by atoms with van der Waals surface area (Å²) in [5.41, 5.74) is 6.55. The summed E-state index contributed by atoms with van der Waals surface area (Å²) in [7, 11) is 0. The minimum atomic E-state index is 0.311. The number of pyridine rings is 1. The third-order valence-corrected chi connectivity index (χ3v) is 6.88. The largest absolute Gasteiger partial charge is 0.486 e. The van der Waals surface area contributed by atoms with Gasteiger partial charge in [-0.05, 0) is 43.3 Å². The molecule has 0 N–H and O–H groups in total. The molecule has 0 atom stereocenters. The van der Waals surface area contributed by atoms with Crippen LogP contribution in [0.3, 0.4) is 0 Å². The van der Waals surface area contributed by atoms with Crippen LogP contribution in [0.4, 0.5) is 0 Å². The first-order valence-electron chi connectivity index (χ1n) is 13.1. The highest BCUT2D eigenvalue weighted by molar-refractivity contribution is 5.89. The molecule has 4 aromatic carbocycles. The van der Waals surface area contributed by atoms with Crippen LogP contribution in [0.15, 0.2) is 114 Å². The summed E-state index contributed by atoms with van der Waals surface area (Å²) in [6, 6.07) is 36.2. The molecule has 3 heterocycles.